The van der Waals surface area contributed by atoms with E-state index in [-0.39, 0.29) is 11.9 Å². The lowest BCUT2D eigenvalue weighted by Crippen LogP contribution is -2.27. The molecular formula is C19H18ClNO2S. The Morgan fingerprint density at radius 2 is 1.96 bits per heavy atom. The highest BCUT2D eigenvalue weighted by atomic mass is 35.5. The number of hydrogen-bond acceptors (Lipinski definition) is 3. The normalized spacial score (nSPS) is 12.2. The van der Waals surface area contributed by atoms with Gasteiger partial charge < -0.3 is 9.73 Å². The maximum absolute atomic E-state index is 12.1. The predicted molar refractivity (Wildman–Crippen MR) is 100 cm³/mol. The van der Waals surface area contributed by atoms with Crippen LogP contribution in [0.1, 0.15) is 24.3 Å². The van der Waals surface area contributed by atoms with Crippen molar-refractivity contribution in [1.82, 2.24) is 5.32 Å². The summed E-state index contributed by atoms with van der Waals surface area (Å²) in [5, 5.41) is 4.75. The van der Waals surface area contributed by atoms with Crippen LogP contribution in [-0.4, -0.2) is 11.7 Å². The summed E-state index contributed by atoms with van der Waals surface area (Å²) in [6.07, 6.45) is 0. The second kappa shape index (κ2) is 7.77. The van der Waals surface area contributed by atoms with Crippen LogP contribution in [0, 0.1) is 0 Å². The summed E-state index contributed by atoms with van der Waals surface area (Å²) < 4.78 is 5.78. The van der Waals surface area contributed by atoms with Crippen molar-refractivity contribution in [1.29, 1.82) is 0 Å². The number of rotatable bonds is 6. The number of carbonyl (C=O) groups excluding carboxylic acids is 1. The van der Waals surface area contributed by atoms with Gasteiger partial charge in [0, 0.05) is 16.2 Å². The van der Waals surface area contributed by atoms with Crippen LogP contribution in [0.25, 0.3) is 11.0 Å². The van der Waals surface area contributed by atoms with Crippen LogP contribution < -0.4 is 5.32 Å². The Bertz CT molecular complexity index is 796. The van der Waals surface area contributed by atoms with Gasteiger partial charge in [-0.05, 0) is 36.8 Å². The Balaban J connectivity index is 1.49. The number of para-hydroxylation sites is 1. The van der Waals surface area contributed by atoms with E-state index >= 15 is 0 Å². The van der Waals surface area contributed by atoms with Gasteiger partial charge in [-0.1, -0.05) is 41.9 Å². The van der Waals surface area contributed by atoms with E-state index in [0.717, 1.165) is 33.1 Å². The summed E-state index contributed by atoms with van der Waals surface area (Å²) in [5.74, 6) is 1.96. The quantitative estimate of drug-likeness (QED) is 0.658. The first-order chi connectivity index (χ1) is 11.6. The molecule has 0 aliphatic heterocycles. The van der Waals surface area contributed by atoms with Crippen LogP contribution in [0.4, 0.5) is 0 Å². The van der Waals surface area contributed by atoms with E-state index in [1.165, 1.54) is 0 Å². The molecule has 1 aromatic heterocycles. The van der Waals surface area contributed by atoms with Crippen molar-refractivity contribution in [3.05, 3.63) is 70.9 Å². The third-order valence-corrected chi connectivity index (χ3v) is 4.92. The molecule has 0 aliphatic rings. The van der Waals surface area contributed by atoms with Gasteiger partial charge in [-0.2, -0.15) is 0 Å². The Kier molecular flexibility index (Phi) is 5.48. The third-order valence-electron chi connectivity index (χ3n) is 3.66. The third kappa shape index (κ3) is 4.34. The minimum Gasteiger partial charge on any atom is -0.459 e. The average Bonchev–Trinajstić information content (AvgIpc) is 3.01. The highest BCUT2D eigenvalue weighted by Gasteiger charge is 2.14. The molecule has 0 radical (unpaired) electrons. The van der Waals surface area contributed by atoms with Crippen LogP contribution in [0.2, 0.25) is 5.02 Å². The molecule has 1 N–H and O–H groups in total. The topological polar surface area (TPSA) is 42.2 Å². The molecule has 5 heteroatoms. The van der Waals surface area contributed by atoms with Gasteiger partial charge in [0.25, 0.3) is 0 Å². The molecule has 0 saturated carbocycles. The van der Waals surface area contributed by atoms with Crippen molar-refractivity contribution < 1.29 is 9.21 Å². The van der Waals surface area contributed by atoms with E-state index in [4.69, 9.17) is 16.0 Å². The molecule has 0 bridgehead atoms. The highest BCUT2D eigenvalue weighted by molar-refractivity contribution is 7.99. The minimum atomic E-state index is -0.152. The number of nitrogens with one attached hydrogen (secondary N) is 1. The zero-order valence-electron chi connectivity index (χ0n) is 13.3. The molecule has 24 heavy (non-hydrogen) atoms. The molecule has 0 unspecified atom stereocenters. The minimum absolute atomic E-state index is 0.00178. The zero-order valence-corrected chi connectivity index (χ0v) is 14.9. The van der Waals surface area contributed by atoms with E-state index in [1.54, 1.807) is 11.8 Å². The lowest BCUT2D eigenvalue weighted by molar-refractivity contribution is -0.119. The number of furan rings is 1. The summed E-state index contributed by atoms with van der Waals surface area (Å²) in [6.45, 7) is 1.93. The summed E-state index contributed by atoms with van der Waals surface area (Å²) in [7, 11) is 0. The second-order valence-electron chi connectivity index (χ2n) is 5.60. The van der Waals surface area contributed by atoms with Crippen LogP contribution >= 0.6 is 23.4 Å². The fourth-order valence-electron chi connectivity index (χ4n) is 2.41. The smallest absolute Gasteiger partial charge is 0.230 e. The fraction of sp³-hybridized carbons (Fsp3) is 0.211. The van der Waals surface area contributed by atoms with Gasteiger partial charge in [-0.3, -0.25) is 4.79 Å². The van der Waals surface area contributed by atoms with E-state index < -0.39 is 0 Å². The lowest BCUT2D eigenvalue weighted by atomic mass is 10.2. The second-order valence-corrected chi connectivity index (χ2v) is 7.02. The van der Waals surface area contributed by atoms with Crippen LogP contribution in [0.3, 0.4) is 0 Å². The molecule has 1 atom stereocenters. The van der Waals surface area contributed by atoms with Crippen molar-refractivity contribution in [2.75, 3.05) is 5.75 Å². The van der Waals surface area contributed by atoms with Crippen LogP contribution in [0.15, 0.2) is 59.0 Å². The first-order valence-electron chi connectivity index (χ1n) is 7.72. The van der Waals surface area contributed by atoms with Gasteiger partial charge in [0.1, 0.15) is 11.3 Å². The Labute approximate surface area is 150 Å². The maximum Gasteiger partial charge on any atom is 0.230 e. The van der Waals surface area contributed by atoms with E-state index in [1.807, 2.05) is 61.5 Å². The summed E-state index contributed by atoms with van der Waals surface area (Å²) in [5.41, 5.74) is 1.99. The van der Waals surface area contributed by atoms with Gasteiger partial charge in [0.15, 0.2) is 0 Å². The van der Waals surface area contributed by atoms with Crippen LogP contribution in [-0.2, 0) is 10.5 Å². The fourth-order valence-corrected chi connectivity index (χ4v) is 3.34. The highest BCUT2D eigenvalue weighted by Crippen LogP contribution is 2.23. The van der Waals surface area contributed by atoms with E-state index in [0.29, 0.717) is 5.75 Å². The number of fused-ring (bicyclic) bond motifs is 1. The summed E-state index contributed by atoms with van der Waals surface area (Å²) in [4.78, 5) is 12.1. The average molecular weight is 360 g/mol. The monoisotopic (exact) mass is 359 g/mol. The maximum atomic E-state index is 12.1. The standard InChI is InChI=1S/C19H18ClNO2S/c1-13(18-10-15-4-2-3-5-17(15)23-18)21-19(22)12-24-11-14-6-8-16(20)9-7-14/h2-10,13H,11-12H2,1H3,(H,21,22)/t13-/m1/s1. The van der Waals surface area contributed by atoms with Gasteiger partial charge in [-0.15, -0.1) is 11.8 Å². The number of carbonyl (C=O) groups is 1. The Morgan fingerprint density at radius 3 is 2.71 bits per heavy atom. The molecule has 2 aromatic carbocycles. The molecule has 3 nitrogen and oxygen atoms in total. The molecule has 0 spiro atoms. The molecule has 0 saturated heterocycles. The van der Waals surface area contributed by atoms with E-state index in [2.05, 4.69) is 5.32 Å². The number of hydrogen-bond donors (Lipinski definition) is 1. The molecule has 1 heterocycles. The van der Waals surface area contributed by atoms with Gasteiger partial charge in [0.05, 0.1) is 11.8 Å². The zero-order chi connectivity index (χ0) is 16.9. The molecular weight excluding hydrogens is 342 g/mol. The largest absolute Gasteiger partial charge is 0.459 e. The van der Waals surface area contributed by atoms with Crippen molar-refractivity contribution in [3.63, 3.8) is 0 Å². The van der Waals surface area contributed by atoms with E-state index in [9.17, 15) is 4.79 Å². The molecule has 1 amide bonds. The molecule has 0 aliphatic carbocycles. The molecule has 3 rings (SSSR count). The van der Waals surface area contributed by atoms with Crippen LogP contribution in [0.5, 0.6) is 0 Å². The summed E-state index contributed by atoms with van der Waals surface area (Å²) >= 11 is 7.44. The Morgan fingerprint density at radius 1 is 1.21 bits per heavy atom. The molecule has 124 valence electrons. The van der Waals surface area contributed by atoms with Crippen molar-refractivity contribution in [3.8, 4) is 0 Å². The van der Waals surface area contributed by atoms with Crippen molar-refractivity contribution in [2.24, 2.45) is 0 Å². The predicted octanol–water partition coefficient (Wildman–Crippen LogP) is 5.20. The molecule has 0 fully saturated rings. The SMILES string of the molecule is C[C@@H](NC(=O)CSCc1ccc(Cl)cc1)c1cc2ccccc2o1. The number of halogens is 1. The first-order valence-corrected chi connectivity index (χ1v) is 9.25. The van der Waals surface area contributed by atoms with Crippen molar-refractivity contribution >= 4 is 40.2 Å². The van der Waals surface area contributed by atoms with Gasteiger partial charge >= 0.3 is 0 Å². The van der Waals surface area contributed by atoms with Gasteiger partial charge in [-0.25, -0.2) is 0 Å². The molecule has 3 aromatic rings. The number of thioether (sulfide) groups is 1. The first kappa shape index (κ1) is 16.9. The Hall–Kier alpha value is -1.91. The number of amides is 1. The lowest BCUT2D eigenvalue weighted by Gasteiger charge is -2.11. The summed E-state index contributed by atoms with van der Waals surface area (Å²) in [6, 6.07) is 17.3. The van der Waals surface area contributed by atoms with Gasteiger partial charge in [0.2, 0.25) is 5.91 Å². The van der Waals surface area contributed by atoms with Crippen molar-refractivity contribution in [2.45, 2.75) is 18.7 Å². The number of benzene rings is 2.